The van der Waals surface area contributed by atoms with Gasteiger partial charge in [0.2, 0.25) is 0 Å². The van der Waals surface area contributed by atoms with Gasteiger partial charge in [-0.3, -0.25) is 0 Å². The van der Waals surface area contributed by atoms with Gasteiger partial charge in [0.25, 0.3) is 0 Å². The highest BCUT2D eigenvalue weighted by atomic mass is 16.5. The molecule has 114 valence electrons. The van der Waals surface area contributed by atoms with Gasteiger partial charge >= 0.3 is 0 Å². The number of hydrogen-bond donors (Lipinski definition) is 1. The summed E-state index contributed by atoms with van der Waals surface area (Å²) in [7, 11) is 0. The van der Waals surface area contributed by atoms with Gasteiger partial charge in [-0.1, -0.05) is 39.0 Å². The molecule has 0 aromatic rings. The van der Waals surface area contributed by atoms with Crippen LogP contribution in [-0.2, 0) is 4.74 Å². The van der Waals surface area contributed by atoms with E-state index in [0.29, 0.717) is 6.10 Å². The zero-order chi connectivity index (χ0) is 14.4. The Kier molecular flexibility index (Phi) is 6.82. The lowest BCUT2D eigenvalue weighted by Gasteiger charge is -2.46. The van der Waals surface area contributed by atoms with Crippen molar-refractivity contribution in [3.05, 3.63) is 0 Å². The Labute approximate surface area is 120 Å². The lowest BCUT2D eigenvalue weighted by Crippen LogP contribution is -2.59. The summed E-state index contributed by atoms with van der Waals surface area (Å²) >= 11 is 0. The summed E-state index contributed by atoms with van der Waals surface area (Å²) in [6.07, 6.45) is 10.7. The maximum absolute atomic E-state index is 6.12. The fourth-order valence-electron chi connectivity index (χ4n) is 3.48. The minimum absolute atomic E-state index is 0.202. The van der Waals surface area contributed by atoms with Crippen molar-refractivity contribution in [2.75, 3.05) is 6.61 Å². The van der Waals surface area contributed by atoms with Crippen molar-refractivity contribution in [3.8, 4) is 0 Å². The van der Waals surface area contributed by atoms with Crippen molar-refractivity contribution in [1.29, 1.82) is 0 Å². The molecule has 1 aliphatic rings. The molecule has 0 bridgehead atoms. The van der Waals surface area contributed by atoms with Gasteiger partial charge in [-0.2, -0.15) is 0 Å². The summed E-state index contributed by atoms with van der Waals surface area (Å²) in [6, 6.07) is 0. The van der Waals surface area contributed by atoms with Crippen molar-refractivity contribution >= 4 is 0 Å². The molecule has 0 spiro atoms. The van der Waals surface area contributed by atoms with Gasteiger partial charge in [-0.15, -0.1) is 0 Å². The van der Waals surface area contributed by atoms with Crippen molar-refractivity contribution in [2.24, 2.45) is 0 Å². The van der Waals surface area contributed by atoms with Crippen molar-refractivity contribution in [1.82, 2.24) is 5.32 Å². The zero-order valence-corrected chi connectivity index (χ0v) is 13.8. The molecule has 1 aliphatic heterocycles. The van der Waals surface area contributed by atoms with Crippen LogP contribution in [0.2, 0.25) is 0 Å². The van der Waals surface area contributed by atoms with Crippen molar-refractivity contribution < 1.29 is 4.74 Å². The van der Waals surface area contributed by atoms with E-state index < -0.39 is 0 Å². The maximum atomic E-state index is 6.12. The van der Waals surface area contributed by atoms with Crippen molar-refractivity contribution in [2.45, 2.75) is 103 Å². The van der Waals surface area contributed by atoms with E-state index in [1.54, 1.807) is 0 Å². The van der Waals surface area contributed by atoms with Crippen LogP contribution in [0, 0.1) is 0 Å². The summed E-state index contributed by atoms with van der Waals surface area (Å²) in [5.74, 6) is 0. The molecule has 1 fully saturated rings. The molecule has 19 heavy (non-hydrogen) atoms. The Hall–Kier alpha value is -0.0800. The van der Waals surface area contributed by atoms with Gasteiger partial charge in [-0.25, -0.2) is 0 Å². The molecule has 0 unspecified atom stereocenters. The highest BCUT2D eigenvalue weighted by Gasteiger charge is 2.37. The molecule has 1 rings (SSSR count). The molecular formula is C17H35NO. The number of ether oxygens (including phenoxy) is 1. The summed E-state index contributed by atoms with van der Waals surface area (Å²) in [5, 5.41) is 3.71. The van der Waals surface area contributed by atoms with E-state index in [2.05, 4.69) is 39.9 Å². The van der Waals surface area contributed by atoms with Crippen LogP contribution in [0.5, 0.6) is 0 Å². The summed E-state index contributed by atoms with van der Waals surface area (Å²) in [6.45, 7) is 12.4. The van der Waals surface area contributed by atoms with E-state index in [0.717, 1.165) is 19.4 Å². The van der Waals surface area contributed by atoms with E-state index in [4.69, 9.17) is 4.74 Å². The summed E-state index contributed by atoms with van der Waals surface area (Å²) in [5.41, 5.74) is 0.404. The first-order valence-corrected chi connectivity index (χ1v) is 8.26. The molecule has 0 aromatic carbocycles. The molecule has 0 saturated carbocycles. The zero-order valence-electron chi connectivity index (χ0n) is 13.8. The van der Waals surface area contributed by atoms with Gasteiger partial charge in [0.1, 0.15) is 0 Å². The van der Waals surface area contributed by atoms with Crippen LogP contribution in [-0.4, -0.2) is 23.8 Å². The van der Waals surface area contributed by atoms with Crippen LogP contribution < -0.4 is 5.32 Å². The predicted molar refractivity (Wildman–Crippen MR) is 83.6 cm³/mol. The molecule has 0 atom stereocenters. The van der Waals surface area contributed by atoms with Crippen LogP contribution in [0.4, 0.5) is 0 Å². The first kappa shape index (κ1) is 17.0. The third kappa shape index (κ3) is 7.31. The Morgan fingerprint density at radius 2 is 1.42 bits per heavy atom. The molecule has 1 N–H and O–H groups in total. The molecule has 1 saturated heterocycles. The van der Waals surface area contributed by atoms with E-state index >= 15 is 0 Å². The number of nitrogens with one attached hydrogen (secondary N) is 1. The van der Waals surface area contributed by atoms with Gasteiger partial charge < -0.3 is 10.1 Å². The van der Waals surface area contributed by atoms with Crippen LogP contribution in [0.1, 0.15) is 86.0 Å². The van der Waals surface area contributed by atoms with E-state index in [1.165, 1.54) is 38.5 Å². The number of piperidine rings is 1. The highest BCUT2D eigenvalue weighted by molar-refractivity contribution is 4.97. The Bertz CT molecular complexity index is 232. The summed E-state index contributed by atoms with van der Waals surface area (Å²) in [4.78, 5) is 0. The molecule has 0 aliphatic carbocycles. The second-order valence-electron chi connectivity index (χ2n) is 7.56. The van der Waals surface area contributed by atoms with Crippen LogP contribution in [0.15, 0.2) is 0 Å². The molecule has 2 nitrogen and oxygen atoms in total. The molecule has 1 heterocycles. The van der Waals surface area contributed by atoms with Gasteiger partial charge in [0.05, 0.1) is 6.10 Å². The van der Waals surface area contributed by atoms with E-state index in [-0.39, 0.29) is 11.1 Å². The lowest BCUT2D eigenvalue weighted by molar-refractivity contribution is -0.0228. The van der Waals surface area contributed by atoms with Gasteiger partial charge in [0, 0.05) is 17.7 Å². The second kappa shape index (κ2) is 7.64. The number of rotatable bonds is 8. The van der Waals surface area contributed by atoms with E-state index in [9.17, 15) is 0 Å². The Morgan fingerprint density at radius 3 is 2.00 bits per heavy atom. The molecule has 0 amide bonds. The lowest BCUT2D eigenvalue weighted by atomic mass is 9.81. The fraction of sp³-hybridized carbons (Fsp3) is 1.00. The first-order chi connectivity index (χ1) is 8.85. The summed E-state index contributed by atoms with van der Waals surface area (Å²) < 4.78 is 6.12. The fourth-order valence-corrected chi connectivity index (χ4v) is 3.48. The molecular weight excluding hydrogens is 234 g/mol. The standard InChI is InChI=1S/C17H35NO/c1-6-7-8-9-10-11-12-19-15-13-16(2,3)18-17(4,5)14-15/h15,18H,6-14H2,1-5H3. The Morgan fingerprint density at radius 1 is 0.895 bits per heavy atom. The topological polar surface area (TPSA) is 21.3 Å². The van der Waals surface area contributed by atoms with Gasteiger partial charge in [-0.05, 0) is 47.0 Å². The van der Waals surface area contributed by atoms with Crippen LogP contribution in [0.25, 0.3) is 0 Å². The average molecular weight is 269 g/mol. The highest BCUT2D eigenvalue weighted by Crippen LogP contribution is 2.30. The van der Waals surface area contributed by atoms with E-state index in [1.807, 2.05) is 0 Å². The van der Waals surface area contributed by atoms with Crippen LogP contribution >= 0.6 is 0 Å². The number of unbranched alkanes of at least 4 members (excludes halogenated alkanes) is 5. The maximum Gasteiger partial charge on any atom is 0.0609 e. The minimum Gasteiger partial charge on any atom is -0.378 e. The Balaban J connectivity index is 2.15. The first-order valence-electron chi connectivity index (χ1n) is 8.26. The third-order valence-electron chi connectivity index (χ3n) is 4.00. The smallest absolute Gasteiger partial charge is 0.0609 e. The monoisotopic (exact) mass is 269 g/mol. The average Bonchev–Trinajstić information content (AvgIpc) is 2.23. The molecule has 0 aromatic heterocycles. The number of hydrogen-bond acceptors (Lipinski definition) is 2. The molecule has 2 heteroatoms. The largest absolute Gasteiger partial charge is 0.378 e. The quantitative estimate of drug-likeness (QED) is 0.646. The third-order valence-corrected chi connectivity index (χ3v) is 4.00. The SMILES string of the molecule is CCCCCCCCOC1CC(C)(C)NC(C)(C)C1. The predicted octanol–water partition coefficient (Wildman–Crippen LogP) is 4.67. The second-order valence-corrected chi connectivity index (χ2v) is 7.56. The van der Waals surface area contributed by atoms with Crippen molar-refractivity contribution in [3.63, 3.8) is 0 Å². The molecule has 0 radical (unpaired) electrons. The van der Waals surface area contributed by atoms with Gasteiger partial charge in [0.15, 0.2) is 0 Å². The normalized spacial score (nSPS) is 22.6. The minimum atomic E-state index is 0.202. The van der Waals surface area contributed by atoms with Crippen LogP contribution in [0.3, 0.4) is 0 Å².